The molecule has 2 N–H and O–H groups in total. The molecule has 5 nitrogen and oxygen atoms in total. The highest BCUT2D eigenvalue weighted by Gasteiger charge is 2.16. The molecule has 20 heavy (non-hydrogen) atoms. The van der Waals surface area contributed by atoms with Crippen molar-refractivity contribution in [2.75, 3.05) is 25.0 Å². The fourth-order valence-corrected chi connectivity index (χ4v) is 2.97. The molecular formula is C14H20ClN5. The van der Waals surface area contributed by atoms with Crippen LogP contribution in [0.2, 0.25) is 5.28 Å². The molecule has 2 aromatic heterocycles. The molecular weight excluding hydrogens is 274 g/mol. The van der Waals surface area contributed by atoms with Crippen LogP contribution in [0.25, 0.3) is 11.0 Å². The summed E-state index contributed by atoms with van der Waals surface area (Å²) in [5.74, 6) is 1.54. The highest BCUT2D eigenvalue weighted by atomic mass is 35.5. The number of aryl methyl sites for hydroxylation is 2. The zero-order chi connectivity index (χ0) is 14.1. The minimum atomic E-state index is 0.302. The van der Waals surface area contributed by atoms with Gasteiger partial charge in [-0.15, -0.1) is 0 Å². The number of hydrogen-bond acceptors (Lipinski definition) is 4. The van der Waals surface area contributed by atoms with Crippen LogP contribution in [0, 0.1) is 12.8 Å². The SMILES string of the molecule is Cc1cc2nc(Cl)nc(NCC3CCNCC3)c2n1C. The van der Waals surface area contributed by atoms with Crippen molar-refractivity contribution in [1.82, 2.24) is 19.9 Å². The molecule has 2 aromatic rings. The van der Waals surface area contributed by atoms with E-state index in [1.54, 1.807) is 0 Å². The molecule has 0 spiro atoms. The summed E-state index contributed by atoms with van der Waals surface area (Å²) in [4.78, 5) is 8.66. The molecule has 0 bridgehead atoms. The van der Waals surface area contributed by atoms with Gasteiger partial charge in [0.05, 0.1) is 5.52 Å². The van der Waals surface area contributed by atoms with Gasteiger partial charge in [-0.3, -0.25) is 0 Å². The molecule has 1 saturated heterocycles. The van der Waals surface area contributed by atoms with E-state index in [4.69, 9.17) is 11.6 Å². The molecule has 0 aromatic carbocycles. The summed E-state index contributed by atoms with van der Waals surface area (Å²) in [5.41, 5.74) is 3.08. The maximum Gasteiger partial charge on any atom is 0.225 e. The fraction of sp³-hybridized carbons (Fsp3) is 0.571. The number of rotatable bonds is 3. The third-order valence-corrected chi connectivity index (χ3v) is 4.28. The van der Waals surface area contributed by atoms with Crippen LogP contribution in [0.4, 0.5) is 5.82 Å². The Bertz CT molecular complexity index is 616. The lowest BCUT2D eigenvalue weighted by molar-refractivity contribution is 0.389. The predicted octanol–water partition coefficient (Wildman–Crippen LogP) is 2.34. The molecule has 1 aliphatic heterocycles. The van der Waals surface area contributed by atoms with Crippen LogP contribution in [0.15, 0.2) is 6.07 Å². The van der Waals surface area contributed by atoms with Crippen molar-refractivity contribution in [3.63, 3.8) is 0 Å². The van der Waals surface area contributed by atoms with Gasteiger partial charge in [-0.05, 0) is 56.4 Å². The monoisotopic (exact) mass is 293 g/mol. The Hall–Kier alpha value is -1.33. The van der Waals surface area contributed by atoms with Crippen LogP contribution in [0.1, 0.15) is 18.5 Å². The molecule has 0 unspecified atom stereocenters. The van der Waals surface area contributed by atoms with Crippen molar-refractivity contribution >= 4 is 28.5 Å². The number of aromatic nitrogens is 3. The maximum atomic E-state index is 6.03. The van der Waals surface area contributed by atoms with Gasteiger partial charge in [-0.2, -0.15) is 4.98 Å². The van der Waals surface area contributed by atoms with Crippen LogP contribution in [-0.4, -0.2) is 34.2 Å². The van der Waals surface area contributed by atoms with Crippen LogP contribution < -0.4 is 10.6 Å². The molecule has 0 radical (unpaired) electrons. The van der Waals surface area contributed by atoms with Crippen molar-refractivity contribution in [1.29, 1.82) is 0 Å². The second-order valence-electron chi connectivity index (χ2n) is 5.49. The predicted molar refractivity (Wildman–Crippen MR) is 82.3 cm³/mol. The Kier molecular flexibility index (Phi) is 3.81. The maximum absolute atomic E-state index is 6.03. The largest absolute Gasteiger partial charge is 0.368 e. The highest BCUT2D eigenvalue weighted by Crippen LogP contribution is 2.25. The van der Waals surface area contributed by atoms with E-state index < -0.39 is 0 Å². The average Bonchev–Trinajstić information content (AvgIpc) is 2.72. The van der Waals surface area contributed by atoms with E-state index in [1.807, 2.05) is 13.1 Å². The first-order valence-electron chi connectivity index (χ1n) is 7.09. The topological polar surface area (TPSA) is 54.8 Å². The van der Waals surface area contributed by atoms with Crippen molar-refractivity contribution in [3.05, 3.63) is 17.0 Å². The van der Waals surface area contributed by atoms with Crippen molar-refractivity contribution in [2.45, 2.75) is 19.8 Å². The van der Waals surface area contributed by atoms with Gasteiger partial charge in [0, 0.05) is 19.3 Å². The van der Waals surface area contributed by atoms with Crippen LogP contribution in [0.3, 0.4) is 0 Å². The van der Waals surface area contributed by atoms with Crippen LogP contribution in [-0.2, 0) is 7.05 Å². The van der Waals surface area contributed by atoms with Gasteiger partial charge >= 0.3 is 0 Å². The zero-order valence-electron chi connectivity index (χ0n) is 11.9. The number of anilines is 1. The highest BCUT2D eigenvalue weighted by molar-refractivity contribution is 6.28. The van der Waals surface area contributed by atoms with Gasteiger partial charge in [-0.1, -0.05) is 0 Å². The zero-order valence-corrected chi connectivity index (χ0v) is 12.7. The van der Waals surface area contributed by atoms with Crippen molar-refractivity contribution in [2.24, 2.45) is 13.0 Å². The first kappa shape index (κ1) is 13.6. The summed E-state index contributed by atoms with van der Waals surface area (Å²) in [6, 6.07) is 2.04. The van der Waals surface area contributed by atoms with Gasteiger partial charge in [0.25, 0.3) is 0 Å². The fourth-order valence-electron chi connectivity index (χ4n) is 2.80. The summed E-state index contributed by atoms with van der Waals surface area (Å²) < 4.78 is 2.11. The molecule has 3 rings (SSSR count). The average molecular weight is 294 g/mol. The quantitative estimate of drug-likeness (QED) is 0.853. The van der Waals surface area contributed by atoms with Crippen LogP contribution >= 0.6 is 11.6 Å². The summed E-state index contributed by atoms with van der Waals surface area (Å²) in [7, 11) is 2.03. The van der Waals surface area contributed by atoms with Crippen molar-refractivity contribution < 1.29 is 0 Å². The lowest BCUT2D eigenvalue weighted by Gasteiger charge is -2.23. The van der Waals surface area contributed by atoms with Crippen molar-refractivity contribution in [3.8, 4) is 0 Å². The Morgan fingerprint density at radius 3 is 2.90 bits per heavy atom. The van der Waals surface area contributed by atoms with E-state index in [0.717, 1.165) is 42.2 Å². The molecule has 0 atom stereocenters. The molecule has 1 aliphatic rings. The Labute approximate surface area is 123 Å². The smallest absolute Gasteiger partial charge is 0.225 e. The number of piperidine rings is 1. The minimum absolute atomic E-state index is 0.302. The van der Waals surface area contributed by atoms with Gasteiger partial charge in [0.2, 0.25) is 5.28 Å². The lowest BCUT2D eigenvalue weighted by atomic mass is 9.98. The summed E-state index contributed by atoms with van der Waals surface area (Å²) >= 11 is 6.03. The van der Waals surface area contributed by atoms with E-state index in [9.17, 15) is 0 Å². The molecule has 1 fully saturated rings. The molecule has 0 saturated carbocycles. The second kappa shape index (κ2) is 5.58. The van der Waals surface area contributed by atoms with E-state index >= 15 is 0 Å². The number of halogens is 1. The minimum Gasteiger partial charge on any atom is -0.368 e. The van der Waals surface area contributed by atoms with Crippen LogP contribution in [0.5, 0.6) is 0 Å². The molecule has 0 aliphatic carbocycles. The first-order chi connectivity index (χ1) is 9.65. The number of nitrogens with one attached hydrogen (secondary N) is 2. The Morgan fingerprint density at radius 1 is 1.40 bits per heavy atom. The van der Waals surface area contributed by atoms with E-state index in [0.29, 0.717) is 11.2 Å². The second-order valence-corrected chi connectivity index (χ2v) is 5.83. The Morgan fingerprint density at radius 2 is 2.15 bits per heavy atom. The molecule has 108 valence electrons. The normalized spacial score (nSPS) is 16.8. The third kappa shape index (κ3) is 2.60. The number of fused-ring (bicyclic) bond motifs is 1. The summed E-state index contributed by atoms with van der Waals surface area (Å²) in [5, 5.41) is 7.16. The number of nitrogens with zero attached hydrogens (tertiary/aromatic N) is 3. The van der Waals surface area contributed by atoms with E-state index in [1.165, 1.54) is 12.8 Å². The third-order valence-electron chi connectivity index (χ3n) is 4.11. The Balaban J connectivity index is 1.86. The standard InChI is InChI=1S/C14H20ClN5/c1-9-7-11-12(20(9)2)13(19-14(15)18-11)17-8-10-3-5-16-6-4-10/h7,10,16H,3-6,8H2,1-2H3,(H,17,18,19). The van der Waals surface area contributed by atoms with E-state index in [2.05, 4.69) is 32.1 Å². The number of hydrogen-bond donors (Lipinski definition) is 2. The van der Waals surface area contributed by atoms with Gasteiger partial charge in [0.1, 0.15) is 5.52 Å². The van der Waals surface area contributed by atoms with Gasteiger partial charge in [-0.25, -0.2) is 4.98 Å². The molecule has 0 amide bonds. The molecule has 6 heteroatoms. The summed E-state index contributed by atoms with van der Waals surface area (Å²) in [6.07, 6.45) is 2.42. The van der Waals surface area contributed by atoms with Gasteiger partial charge < -0.3 is 15.2 Å². The first-order valence-corrected chi connectivity index (χ1v) is 7.47. The summed E-state index contributed by atoms with van der Waals surface area (Å²) in [6.45, 7) is 5.21. The van der Waals surface area contributed by atoms with Gasteiger partial charge in [0.15, 0.2) is 5.82 Å². The van der Waals surface area contributed by atoms with E-state index in [-0.39, 0.29) is 0 Å². The lowest BCUT2D eigenvalue weighted by Crippen LogP contribution is -2.31. The molecule has 3 heterocycles.